The summed E-state index contributed by atoms with van der Waals surface area (Å²) in [6.45, 7) is 0. The maximum Gasteiger partial charge on any atom is 0.268 e. The Labute approximate surface area is 121 Å². The van der Waals surface area contributed by atoms with Gasteiger partial charge in [0, 0.05) is 4.47 Å². The van der Waals surface area contributed by atoms with Crippen LogP contribution in [0.1, 0.15) is 0 Å². The van der Waals surface area contributed by atoms with Crippen molar-refractivity contribution in [2.24, 2.45) is 0 Å². The van der Waals surface area contributed by atoms with Crippen LogP contribution in [0.15, 0.2) is 15.3 Å². The number of aromatic nitrogens is 2. The second-order valence-electron chi connectivity index (χ2n) is 2.78. The normalized spacial score (nSPS) is 10.7. The Kier molecular flexibility index (Phi) is 3.57. The maximum absolute atomic E-state index is 11.4. The molecule has 84 valence electrons. The van der Waals surface area contributed by atoms with Crippen molar-refractivity contribution in [1.82, 2.24) is 9.97 Å². The Morgan fingerprint density at radius 2 is 2.31 bits per heavy atom. The molecule has 0 atom stereocenters. The van der Waals surface area contributed by atoms with E-state index in [1.807, 2.05) is 0 Å². The Morgan fingerprint density at radius 3 is 2.81 bits per heavy atom. The Bertz CT molecular complexity index is 593. The van der Waals surface area contributed by atoms with Gasteiger partial charge in [0.15, 0.2) is 5.82 Å². The Hall–Kier alpha value is -0.120. The monoisotopic (exact) mass is 432 g/mol. The Balaban J connectivity index is 2.61. The molecule has 0 saturated carbocycles. The summed E-state index contributed by atoms with van der Waals surface area (Å²) in [5.74, 6) is 0.0283. The SMILES string of the molecule is O=c1[nH]c(-c2cc(Br)c(Cl)s2)nc(O)c1I. The lowest BCUT2D eigenvalue weighted by atomic mass is 10.4. The van der Waals surface area contributed by atoms with Gasteiger partial charge < -0.3 is 10.1 Å². The number of aromatic hydroxyl groups is 1. The zero-order chi connectivity index (χ0) is 11.9. The van der Waals surface area contributed by atoms with Crippen LogP contribution in [0.25, 0.3) is 10.7 Å². The van der Waals surface area contributed by atoms with Crippen molar-refractivity contribution in [1.29, 1.82) is 0 Å². The van der Waals surface area contributed by atoms with Crippen LogP contribution in [0.2, 0.25) is 4.34 Å². The highest BCUT2D eigenvalue weighted by molar-refractivity contribution is 14.1. The zero-order valence-electron chi connectivity index (χ0n) is 7.42. The molecule has 2 N–H and O–H groups in total. The first-order chi connectivity index (χ1) is 7.49. The number of aromatic amines is 1. The molecular weight excluding hydrogens is 430 g/mol. The molecule has 0 radical (unpaired) electrons. The van der Waals surface area contributed by atoms with Gasteiger partial charge in [0.2, 0.25) is 5.88 Å². The van der Waals surface area contributed by atoms with Crippen molar-refractivity contribution >= 4 is 61.5 Å². The molecule has 2 aromatic rings. The van der Waals surface area contributed by atoms with Crippen LogP contribution in [0.4, 0.5) is 0 Å². The molecule has 0 unspecified atom stereocenters. The van der Waals surface area contributed by atoms with Gasteiger partial charge in [-0.15, -0.1) is 11.3 Å². The highest BCUT2D eigenvalue weighted by atomic mass is 127. The molecular formula is C8H3BrClIN2O2S. The van der Waals surface area contributed by atoms with Crippen LogP contribution in [-0.2, 0) is 0 Å². The van der Waals surface area contributed by atoms with Gasteiger partial charge in [-0.05, 0) is 44.6 Å². The fourth-order valence-corrected chi connectivity index (χ4v) is 2.93. The van der Waals surface area contributed by atoms with Gasteiger partial charge in [-0.1, -0.05) is 11.6 Å². The number of nitrogens with one attached hydrogen (secondary N) is 1. The summed E-state index contributed by atoms with van der Waals surface area (Å²) in [6, 6.07) is 1.73. The average molecular weight is 433 g/mol. The molecule has 16 heavy (non-hydrogen) atoms. The van der Waals surface area contributed by atoms with E-state index < -0.39 is 0 Å². The minimum atomic E-state index is -0.372. The third-order valence-corrected chi connectivity index (χ3v) is 5.18. The van der Waals surface area contributed by atoms with E-state index in [-0.39, 0.29) is 15.0 Å². The number of hydrogen-bond acceptors (Lipinski definition) is 4. The molecule has 0 spiro atoms. The molecule has 0 fully saturated rings. The molecule has 2 aromatic heterocycles. The maximum atomic E-state index is 11.4. The van der Waals surface area contributed by atoms with E-state index in [0.29, 0.717) is 15.0 Å². The van der Waals surface area contributed by atoms with Gasteiger partial charge in [0.05, 0.1) is 4.88 Å². The molecule has 8 heteroatoms. The van der Waals surface area contributed by atoms with Gasteiger partial charge in [-0.2, -0.15) is 4.98 Å². The van der Waals surface area contributed by atoms with Crippen molar-refractivity contribution in [3.05, 3.63) is 28.8 Å². The van der Waals surface area contributed by atoms with E-state index in [1.165, 1.54) is 11.3 Å². The number of rotatable bonds is 1. The first-order valence-electron chi connectivity index (χ1n) is 3.93. The lowest BCUT2D eigenvalue weighted by molar-refractivity contribution is 0.447. The minimum Gasteiger partial charge on any atom is -0.492 e. The van der Waals surface area contributed by atoms with Crippen molar-refractivity contribution in [3.63, 3.8) is 0 Å². The summed E-state index contributed by atoms with van der Waals surface area (Å²) in [6.07, 6.45) is 0. The van der Waals surface area contributed by atoms with Gasteiger partial charge in [-0.25, -0.2) is 0 Å². The predicted octanol–water partition coefficient (Wildman–Crippen LogP) is 3.22. The zero-order valence-corrected chi connectivity index (χ0v) is 12.7. The van der Waals surface area contributed by atoms with Crippen molar-refractivity contribution in [2.45, 2.75) is 0 Å². The summed E-state index contributed by atoms with van der Waals surface area (Å²) < 4.78 is 1.47. The average Bonchev–Trinajstić information content (AvgIpc) is 2.55. The summed E-state index contributed by atoms with van der Waals surface area (Å²) >= 11 is 12.1. The predicted molar refractivity (Wildman–Crippen MR) is 75.3 cm³/mol. The van der Waals surface area contributed by atoms with Crippen molar-refractivity contribution < 1.29 is 5.11 Å². The van der Waals surface area contributed by atoms with Crippen LogP contribution in [0.5, 0.6) is 5.88 Å². The Morgan fingerprint density at radius 1 is 1.62 bits per heavy atom. The number of halogens is 3. The van der Waals surface area contributed by atoms with Crippen LogP contribution in [0, 0.1) is 3.57 Å². The number of nitrogens with zero attached hydrogens (tertiary/aromatic N) is 1. The van der Waals surface area contributed by atoms with E-state index in [2.05, 4.69) is 25.9 Å². The van der Waals surface area contributed by atoms with Gasteiger partial charge >= 0.3 is 0 Å². The topological polar surface area (TPSA) is 66.0 Å². The fourth-order valence-electron chi connectivity index (χ4n) is 1.03. The third kappa shape index (κ3) is 2.27. The molecule has 0 amide bonds. The van der Waals surface area contributed by atoms with E-state index >= 15 is 0 Å². The van der Waals surface area contributed by atoms with Crippen molar-refractivity contribution in [2.75, 3.05) is 0 Å². The third-order valence-electron chi connectivity index (χ3n) is 1.72. The number of thiophene rings is 1. The molecule has 4 nitrogen and oxygen atoms in total. The molecule has 2 heterocycles. The second kappa shape index (κ2) is 4.63. The molecule has 0 aliphatic heterocycles. The van der Waals surface area contributed by atoms with Crippen LogP contribution in [0.3, 0.4) is 0 Å². The van der Waals surface area contributed by atoms with Gasteiger partial charge in [-0.3, -0.25) is 4.79 Å². The molecule has 2 rings (SSSR count). The van der Waals surface area contributed by atoms with E-state index in [0.717, 1.165) is 4.47 Å². The summed E-state index contributed by atoms with van der Waals surface area (Å²) in [7, 11) is 0. The molecule has 0 aromatic carbocycles. The van der Waals surface area contributed by atoms with Gasteiger partial charge in [0.1, 0.15) is 7.91 Å². The molecule has 0 aliphatic carbocycles. The highest BCUT2D eigenvalue weighted by Crippen LogP contribution is 2.36. The number of hydrogen-bond donors (Lipinski definition) is 2. The fraction of sp³-hybridized carbons (Fsp3) is 0. The highest BCUT2D eigenvalue weighted by Gasteiger charge is 2.12. The van der Waals surface area contributed by atoms with Crippen molar-refractivity contribution in [3.8, 4) is 16.6 Å². The van der Waals surface area contributed by atoms with Gasteiger partial charge in [0.25, 0.3) is 5.56 Å². The quantitative estimate of drug-likeness (QED) is 0.679. The lowest BCUT2D eigenvalue weighted by Crippen LogP contribution is -2.11. The molecule has 0 aliphatic rings. The minimum absolute atomic E-state index is 0.170. The second-order valence-corrected chi connectivity index (χ2v) is 6.37. The van der Waals surface area contributed by atoms with E-state index in [9.17, 15) is 9.90 Å². The van der Waals surface area contributed by atoms with E-state index in [4.69, 9.17) is 11.6 Å². The first-order valence-corrected chi connectivity index (χ1v) is 6.99. The molecule has 0 bridgehead atoms. The van der Waals surface area contributed by atoms with Crippen LogP contribution < -0.4 is 5.56 Å². The van der Waals surface area contributed by atoms with Crippen LogP contribution >= 0.6 is 61.5 Å². The summed E-state index contributed by atoms with van der Waals surface area (Å²) in [5.41, 5.74) is -0.372. The van der Waals surface area contributed by atoms with E-state index in [1.54, 1.807) is 28.7 Å². The lowest BCUT2D eigenvalue weighted by Gasteiger charge is -1.98. The summed E-state index contributed by atoms with van der Waals surface area (Å²) in [5, 5.41) is 9.44. The standard InChI is InChI=1S/C8H3BrClIN2O2S/c9-2-1-3(16-5(2)10)6-12-7(14)4(11)8(15)13-6/h1H,(H2,12,13,14,15). The number of H-pyrrole nitrogens is 1. The summed E-state index contributed by atoms with van der Waals surface area (Å²) in [4.78, 5) is 18.6. The molecule has 0 saturated heterocycles. The smallest absolute Gasteiger partial charge is 0.268 e. The first kappa shape index (κ1) is 12.3. The largest absolute Gasteiger partial charge is 0.492 e. The van der Waals surface area contributed by atoms with Crippen LogP contribution in [-0.4, -0.2) is 15.1 Å².